The fourth-order valence-corrected chi connectivity index (χ4v) is 3.30. The SMILES string of the molecule is CN(C(=O)c1ccc2nonc2c1)[C@H]1CC[C@](C)(OC(=O)CN)CC1. The number of aromatic nitrogens is 2. The molecule has 1 saturated carbocycles. The van der Waals surface area contributed by atoms with Crippen molar-refractivity contribution >= 4 is 22.9 Å². The lowest BCUT2D eigenvalue weighted by atomic mass is 9.82. The Labute approximate surface area is 145 Å². The maximum Gasteiger partial charge on any atom is 0.320 e. The predicted octanol–water partition coefficient (Wildman–Crippen LogP) is 1.50. The van der Waals surface area contributed by atoms with Crippen LogP contribution in [0.15, 0.2) is 22.8 Å². The van der Waals surface area contributed by atoms with Crippen molar-refractivity contribution in [2.24, 2.45) is 5.73 Å². The average molecular weight is 346 g/mol. The molecule has 0 bridgehead atoms. The van der Waals surface area contributed by atoms with Crippen molar-refractivity contribution in [3.8, 4) is 0 Å². The highest BCUT2D eigenvalue weighted by atomic mass is 16.6. The number of amides is 1. The van der Waals surface area contributed by atoms with E-state index in [0.29, 0.717) is 29.4 Å². The molecule has 2 N–H and O–H groups in total. The first-order valence-electron chi connectivity index (χ1n) is 8.33. The van der Waals surface area contributed by atoms with Crippen LogP contribution in [0.5, 0.6) is 0 Å². The van der Waals surface area contributed by atoms with Gasteiger partial charge in [-0.05, 0) is 61.1 Å². The van der Waals surface area contributed by atoms with Crippen LogP contribution in [0, 0.1) is 0 Å². The van der Waals surface area contributed by atoms with E-state index in [1.807, 2.05) is 6.92 Å². The molecular formula is C17H22N4O4. The highest BCUT2D eigenvalue weighted by Gasteiger charge is 2.36. The standard InChI is InChI=1S/C17H22N4O4/c1-17(24-15(22)10-18)7-5-12(6-8-17)21(2)16(23)11-3-4-13-14(9-11)20-25-19-13/h3-4,9,12H,5-8,10,18H2,1-2H3/t12-,17-. The Morgan fingerprint density at radius 1 is 1.32 bits per heavy atom. The maximum atomic E-state index is 12.7. The fraction of sp³-hybridized carbons (Fsp3) is 0.529. The smallest absolute Gasteiger partial charge is 0.320 e. The van der Waals surface area contributed by atoms with Gasteiger partial charge in [0.05, 0.1) is 6.54 Å². The van der Waals surface area contributed by atoms with Crippen molar-refractivity contribution in [1.82, 2.24) is 15.2 Å². The van der Waals surface area contributed by atoms with Gasteiger partial charge in [-0.2, -0.15) is 0 Å². The lowest BCUT2D eigenvalue weighted by Gasteiger charge is -2.40. The molecule has 2 aromatic rings. The molecule has 0 spiro atoms. The van der Waals surface area contributed by atoms with Gasteiger partial charge in [-0.1, -0.05) is 0 Å². The van der Waals surface area contributed by atoms with E-state index < -0.39 is 5.60 Å². The molecule has 134 valence electrons. The number of rotatable bonds is 4. The molecule has 0 unspecified atom stereocenters. The predicted molar refractivity (Wildman–Crippen MR) is 89.7 cm³/mol. The Kier molecular flexibility index (Phi) is 4.71. The van der Waals surface area contributed by atoms with Crippen molar-refractivity contribution in [2.45, 2.75) is 44.2 Å². The average Bonchev–Trinajstić information content (AvgIpc) is 3.08. The molecule has 3 rings (SSSR count). The summed E-state index contributed by atoms with van der Waals surface area (Å²) >= 11 is 0. The lowest BCUT2D eigenvalue weighted by Crippen LogP contribution is -2.45. The summed E-state index contributed by atoms with van der Waals surface area (Å²) in [4.78, 5) is 25.9. The van der Waals surface area contributed by atoms with E-state index in [-0.39, 0.29) is 24.5 Å². The summed E-state index contributed by atoms with van der Waals surface area (Å²) in [5.41, 5.74) is 6.55. The number of fused-ring (bicyclic) bond motifs is 1. The Morgan fingerprint density at radius 3 is 2.68 bits per heavy atom. The minimum Gasteiger partial charge on any atom is -0.458 e. The molecule has 1 heterocycles. The van der Waals surface area contributed by atoms with Crippen molar-refractivity contribution in [3.63, 3.8) is 0 Å². The molecule has 0 atom stereocenters. The quantitative estimate of drug-likeness (QED) is 0.835. The number of hydrogen-bond donors (Lipinski definition) is 1. The summed E-state index contributed by atoms with van der Waals surface area (Å²) in [6, 6.07) is 5.22. The van der Waals surface area contributed by atoms with E-state index in [2.05, 4.69) is 14.9 Å². The van der Waals surface area contributed by atoms with Crippen molar-refractivity contribution in [3.05, 3.63) is 23.8 Å². The zero-order chi connectivity index (χ0) is 18.0. The van der Waals surface area contributed by atoms with Gasteiger partial charge in [0, 0.05) is 18.7 Å². The molecule has 1 amide bonds. The summed E-state index contributed by atoms with van der Waals surface area (Å²) in [6.45, 7) is 1.81. The number of nitrogens with zero attached hydrogens (tertiary/aromatic N) is 3. The van der Waals surface area contributed by atoms with Gasteiger partial charge in [-0.15, -0.1) is 0 Å². The first kappa shape index (κ1) is 17.3. The minimum atomic E-state index is -0.498. The van der Waals surface area contributed by atoms with E-state index in [1.54, 1.807) is 30.1 Å². The zero-order valence-electron chi connectivity index (χ0n) is 14.4. The van der Waals surface area contributed by atoms with Gasteiger partial charge in [0.1, 0.15) is 16.6 Å². The van der Waals surface area contributed by atoms with Gasteiger partial charge in [0.2, 0.25) is 0 Å². The van der Waals surface area contributed by atoms with Gasteiger partial charge in [-0.3, -0.25) is 9.59 Å². The molecular weight excluding hydrogens is 324 g/mol. The molecule has 1 aliphatic rings. The summed E-state index contributed by atoms with van der Waals surface area (Å²) in [6.07, 6.45) is 2.94. The zero-order valence-corrected chi connectivity index (χ0v) is 14.4. The van der Waals surface area contributed by atoms with Crippen LogP contribution in [-0.2, 0) is 9.53 Å². The Bertz CT molecular complexity index is 780. The summed E-state index contributed by atoms with van der Waals surface area (Å²) < 4.78 is 10.1. The maximum absolute atomic E-state index is 12.7. The van der Waals surface area contributed by atoms with Crippen LogP contribution < -0.4 is 5.73 Å². The Morgan fingerprint density at radius 2 is 2.00 bits per heavy atom. The third kappa shape index (κ3) is 3.63. The highest BCUT2D eigenvalue weighted by molar-refractivity contribution is 5.97. The normalized spacial score (nSPS) is 23.4. The number of carbonyl (C=O) groups excluding carboxylic acids is 2. The molecule has 1 aromatic heterocycles. The van der Waals surface area contributed by atoms with Crippen LogP contribution in [0.2, 0.25) is 0 Å². The monoisotopic (exact) mass is 346 g/mol. The van der Waals surface area contributed by atoms with Gasteiger partial charge >= 0.3 is 5.97 Å². The van der Waals surface area contributed by atoms with Crippen molar-refractivity contribution in [1.29, 1.82) is 0 Å². The van der Waals surface area contributed by atoms with Crippen LogP contribution in [0.25, 0.3) is 11.0 Å². The summed E-state index contributed by atoms with van der Waals surface area (Å²) in [5, 5.41) is 7.51. The third-order valence-electron chi connectivity index (χ3n) is 4.91. The van der Waals surface area contributed by atoms with Gasteiger partial charge in [0.25, 0.3) is 5.91 Å². The second kappa shape index (κ2) is 6.79. The molecule has 25 heavy (non-hydrogen) atoms. The second-order valence-corrected chi connectivity index (χ2v) is 6.74. The summed E-state index contributed by atoms with van der Waals surface area (Å²) in [7, 11) is 1.80. The highest BCUT2D eigenvalue weighted by Crippen LogP contribution is 2.33. The van der Waals surface area contributed by atoms with Crippen LogP contribution in [-0.4, -0.2) is 52.3 Å². The molecule has 0 radical (unpaired) electrons. The fourth-order valence-electron chi connectivity index (χ4n) is 3.30. The molecule has 0 saturated heterocycles. The summed E-state index contributed by atoms with van der Waals surface area (Å²) in [5.74, 6) is -0.461. The molecule has 8 heteroatoms. The van der Waals surface area contributed by atoms with Crippen LogP contribution in [0.3, 0.4) is 0 Å². The van der Waals surface area contributed by atoms with Crippen LogP contribution in [0.1, 0.15) is 43.0 Å². The Hall–Kier alpha value is -2.48. The van der Waals surface area contributed by atoms with Crippen LogP contribution in [0.4, 0.5) is 0 Å². The number of ether oxygens (including phenoxy) is 1. The van der Waals surface area contributed by atoms with E-state index in [1.165, 1.54) is 0 Å². The van der Waals surface area contributed by atoms with E-state index in [4.69, 9.17) is 10.5 Å². The largest absolute Gasteiger partial charge is 0.458 e. The Balaban J connectivity index is 1.64. The number of carbonyl (C=O) groups is 2. The number of esters is 1. The minimum absolute atomic E-state index is 0.0718. The van der Waals surface area contributed by atoms with Crippen molar-refractivity contribution in [2.75, 3.05) is 13.6 Å². The molecule has 0 aliphatic heterocycles. The van der Waals surface area contributed by atoms with Gasteiger partial charge in [0.15, 0.2) is 0 Å². The second-order valence-electron chi connectivity index (χ2n) is 6.74. The number of nitrogens with two attached hydrogens (primary N) is 1. The van der Waals surface area contributed by atoms with Gasteiger partial charge < -0.3 is 15.4 Å². The number of hydrogen-bond acceptors (Lipinski definition) is 7. The van der Waals surface area contributed by atoms with E-state index in [9.17, 15) is 9.59 Å². The van der Waals surface area contributed by atoms with Crippen molar-refractivity contribution < 1.29 is 19.0 Å². The van der Waals surface area contributed by atoms with Gasteiger partial charge in [-0.25, -0.2) is 4.63 Å². The number of benzene rings is 1. The van der Waals surface area contributed by atoms with Crippen LogP contribution >= 0.6 is 0 Å². The molecule has 1 aromatic carbocycles. The third-order valence-corrected chi connectivity index (χ3v) is 4.91. The molecule has 1 fully saturated rings. The first-order valence-corrected chi connectivity index (χ1v) is 8.33. The molecule has 1 aliphatic carbocycles. The lowest BCUT2D eigenvalue weighted by molar-refractivity contribution is -0.160. The van der Waals surface area contributed by atoms with E-state index in [0.717, 1.165) is 12.8 Å². The topological polar surface area (TPSA) is 112 Å². The first-order chi connectivity index (χ1) is 11.9. The van der Waals surface area contributed by atoms with E-state index >= 15 is 0 Å². The molecule has 8 nitrogen and oxygen atoms in total.